The molecule has 25 heavy (non-hydrogen) atoms. The number of carbonyl (C=O) groups is 2. The van der Waals surface area contributed by atoms with E-state index in [0.717, 1.165) is 16.5 Å². The number of amides is 2. The van der Waals surface area contributed by atoms with Crippen LogP contribution in [0, 0.1) is 12.8 Å². The molecule has 3 rings (SSSR count). The molecule has 0 aliphatic carbocycles. The molecule has 2 aromatic rings. The second-order valence-electron chi connectivity index (χ2n) is 7.00. The molecule has 1 aliphatic heterocycles. The first-order valence-electron chi connectivity index (χ1n) is 8.48. The normalized spacial score (nSPS) is 14.7. The van der Waals surface area contributed by atoms with Gasteiger partial charge in [-0.15, -0.1) is 0 Å². The Morgan fingerprint density at radius 3 is 2.72 bits per heavy atom. The monoisotopic (exact) mass is 451 g/mol. The Kier molecular flexibility index (Phi) is 5.27. The minimum atomic E-state index is -0.0960. The van der Waals surface area contributed by atoms with Crippen molar-refractivity contribution in [1.29, 1.82) is 0 Å². The molecule has 2 amide bonds. The lowest BCUT2D eigenvalue weighted by atomic mass is 9.95. The van der Waals surface area contributed by atoms with Crippen molar-refractivity contribution < 1.29 is 9.59 Å². The maximum atomic E-state index is 12.7. The number of likely N-dealkylation sites (tertiary alicyclic amines) is 1. The summed E-state index contributed by atoms with van der Waals surface area (Å²) in [5.41, 5.74) is 3.64. The molecule has 1 aromatic carbocycles. The highest BCUT2D eigenvalue weighted by Crippen LogP contribution is 2.27. The average Bonchev–Trinajstić information content (AvgIpc) is 2.51. The number of halogens is 1. The molecular weight excluding hydrogens is 429 g/mol. The predicted octanol–water partition coefficient (Wildman–Crippen LogP) is 3.88. The van der Waals surface area contributed by atoms with Gasteiger partial charge in [0.2, 0.25) is 0 Å². The van der Waals surface area contributed by atoms with Gasteiger partial charge in [0.25, 0.3) is 9.82 Å². The number of pyridine rings is 1. The lowest BCUT2D eigenvalue weighted by molar-refractivity contribution is 0.0917. The molecule has 132 valence electrons. The van der Waals surface area contributed by atoms with Crippen LogP contribution in [-0.2, 0) is 0 Å². The highest BCUT2D eigenvalue weighted by Gasteiger charge is 2.29. The number of hydrogen-bond donors (Lipinski definition) is 1. The smallest absolute Gasteiger partial charge is 0.283 e. The molecule has 1 saturated heterocycles. The van der Waals surface area contributed by atoms with Gasteiger partial charge in [-0.25, -0.2) is 0 Å². The van der Waals surface area contributed by atoms with E-state index in [2.05, 4.69) is 30.2 Å². The summed E-state index contributed by atoms with van der Waals surface area (Å²) in [4.78, 5) is 30.2. The third kappa shape index (κ3) is 3.78. The molecular formula is C19H22IN3O2. The van der Waals surface area contributed by atoms with E-state index in [4.69, 9.17) is 0 Å². The summed E-state index contributed by atoms with van der Waals surface area (Å²) in [7, 11) is 0. The summed E-state index contributed by atoms with van der Waals surface area (Å²) in [6, 6.07) is 6.03. The van der Waals surface area contributed by atoms with Crippen molar-refractivity contribution in [2.45, 2.75) is 26.7 Å². The maximum Gasteiger partial charge on any atom is 0.283 e. The molecule has 0 radical (unpaired) electrons. The molecule has 0 saturated carbocycles. The van der Waals surface area contributed by atoms with Crippen molar-refractivity contribution in [2.24, 2.45) is 5.92 Å². The minimum Gasteiger partial charge on any atom is -0.352 e. The van der Waals surface area contributed by atoms with E-state index in [0.29, 0.717) is 37.0 Å². The summed E-state index contributed by atoms with van der Waals surface area (Å²) >= 11 is 1.79. The number of fused-ring (bicyclic) bond motifs is 1. The Labute approximate surface area is 161 Å². The third-order valence-electron chi connectivity index (χ3n) is 4.65. The van der Waals surface area contributed by atoms with Gasteiger partial charge in [-0.05, 0) is 42.2 Å². The van der Waals surface area contributed by atoms with Gasteiger partial charge in [0.15, 0.2) is 0 Å². The van der Waals surface area contributed by atoms with Gasteiger partial charge in [-0.2, -0.15) is 0 Å². The van der Waals surface area contributed by atoms with Crippen molar-refractivity contribution >= 4 is 43.3 Å². The van der Waals surface area contributed by atoms with Gasteiger partial charge >= 0.3 is 0 Å². The highest BCUT2D eigenvalue weighted by molar-refractivity contribution is 14.1. The second kappa shape index (κ2) is 7.27. The minimum absolute atomic E-state index is 0.0651. The Morgan fingerprint density at radius 1 is 1.36 bits per heavy atom. The molecule has 6 heteroatoms. The van der Waals surface area contributed by atoms with Crippen molar-refractivity contribution in [1.82, 2.24) is 15.2 Å². The third-order valence-corrected chi connectivity index (χ3v) is 5.33. The first-order valence-corrected chi connectivity index (χ1v) is 9.56. The van der Waals surface area contributed by atoms with Crippen LogP contribution in [0.4, 0.5) is 4.79 Å². The van der Waals surface area contributed by atoms with Crippen LogP contribution >= 0.6 is 22.6 Å². The number of rotatable bonds is 4. The van der Waals surface area contributed by atoms with Crippen molar-refractivity contribution in [3.05, 3.63) is 41.1 Å². The number of nitrogens with one attached hydrogen (secondary N) is 1. The van der Waals surface area contributed by atoms with E-state index in [-0.39, 0.29) is 9.82 Å². The standard InChI is InChI=1S/C19H22IN3O2/c1-11(2)14-4-5-21-17-15(14)6-12(3)7-16(17)18(24)22-8-13-9-23(10-13)19(20)25/h4-7,11,13H,8-10H2,1-3H3,(H,22,24). The topological polar surface area (TPSA) is 62.3 Å². The Balaban J connectivity index is 1.80. The number of nitrogens with zero attached hydrogens (tertiary/aromatic N) is 2. The molecule has 1 N–H and O–H groups in total. The van der Waals surface area contributed by atoms with Crippen LogP contribution < -0.4 is 5.32 Å². The molecule has 0 unspecified atom stereocenters. The Hall–Kier alpha value is -1.70. The van der Waals surface area contributed by atoms with Gasteiger partial charge < -0.3 is 10.2 Å². The van der Waals surface area contributed by atoms with Crippen molar-refractivity contribution in [3.63, 3.8) is 0 Å². The van der Waals surface area contributed by atoms with Crippen LogP contribution in [0.2, 0.25) is 0 Å². The number of carbonyl (C=O) groups excluding carboxylic acids is 2. The van der Waals surface area contributed by atoms with Crippen LogP contribution in [0.25, 0.3) is 10.9 Å². The zero-order chi connectivity index (χ0) is 18.1. The number of aryl methyl sites for hydroxylation is 1. The van der Waals surface area contributed by atoms with Crippen LogP contribution in [0.1, 0.15) is 41.3 Å². The molecule has 5 nitrogen and oxygen atoms in total. The van der Waals surface area contributed by atoms with E-state index in [1.165, 1.54) is 5.56 Å². The zero-order valence-corrected chi connectivity index (χ0v) is 16.8. The largest absolute Gasteiger partial charge is 0.352 e. The summed E-state index contributed by atoms with van der Waals surface area (Å²) in [6.45, 7) is 8.31. The number of hydrogen-bond acceptors (Lipinski definition) is 3. The van der Waals surface area contributed by atoms with Crippen LogP contribution in [0.15, 0.2) is 24.4 Å². The highest BCUT2D eigenvalue weighted by atomic mass is 127. The molecule has 0 bridgehead atoms. The van der Waals surface area contributed by atoms with E-state index in [1.807, 2.05) is 19.1 Å². The van der Waals surface area contributed by atoms with E-state index in [1.54, 1.807) is 33.7 Å². The number of aromatic nitrogens is 1. The van der Waals surface area contributed by atoms with Crippen LogP contribution in [0.3, 0.4) is 0 Å². The van der Waals surface area contributed by atoms with Crippen LogP contribution in [0.5, 0.6) is 0 Å². The molecule has 0 spiro atoms. The second-order valence-corrected chi connectivity index (χ2v) is 7.92. The zero-order valence-electron chi connectivity index (χ0n) is 14.7. The van der Waals surface area contributed by atoms with Gasteiger partial charge in [0.1, 0.15) is 0 Å². The SMILES string of the molecule is Cc1cc(C(=O)NCC2CN(C(=O)I)C2)c2nccc(C(C)C)c2c1. The number of benzene rings is 1. The summed E-state index contributed by atoms with van der Waals surface area (Å²) in [5.74, 6) is 0.606. The first-order chi connectivity index (χ1) is 11.9. The Bertz CT molecular complexity index is 829. The quantitative estimate of drug-likeness (QED) is 0.436. The summed E-state index contributed by atoms with van der Waals surface area (Å²) < 4.78 is 0.0651. The van der Waals surface area contributed by atoms with Crippen molar-refractivity contribution in [2.75, 3.05) is 19.6 Å². The van der Waals surface area contributed by atoms with Gasteiger partial charge in [0, 0.05) is 59.7 Å². The lowest BCUT2D eigenvalue weighted by Crippen LogP contribution is -2.52. The van der Waals surface area contributed by atoms with Crippen LogP contribution in [-0.4, -0.2) is 39.3 Å². The molecule has 2 heterocycles. The van der Waals surface area contributed by atoms with E-state index < -0.39 is 0 Å². The van der Waals surface area contributed by atoms with Gasteiger partial charge in [-0.3, -0.25) is 14.6 Å². The predicted molar refractivity (Wildman–Crippen MR) is 107 cm³/mol. The fourth-order valence-electron chi connectivity index (χ4n) is 3.27. The lowest BCUT2D eigenvalue weighted by Gasteiger charge is -2.37. The molecule has 0 atom stereocenters. The van der Waals surface area contributed by atoms with E-state index in [9.17, 15) is 9.59 Å². The van der Waals surface area contributed by atoms with E-state index >= 15 is 0 Å². The van der Waals surface area contributed by atoms with Crippen molar-refractivity contribution in [3.8, 4) is 0 Å². The summed E-state index contributed by atoms with van der Waals surface area (Å²) in [6.07, 6.45) is 1.78. The first kappa shape index (κ1) is 18.1. The summed E-state index contributed by atoms with van der Waals surface area (Å²) in [5, 5.41) is 4.06. The maximum absolute atomic E-state index is 12.7. The molecule has 1 aromatic heterocycles. The fourth-order valence-corrected chi connectivity index (χ4v) is 3.67. The van der Waals surface area contributed by atoms with Gasteiger partial charge in [0.05, 0.1) is 11.1 Å². The average molecular weight is 451 g/mol. The molecule has 1 aliphatic rings. The van der Waals surface area contributed by atoms with Gasteiger partial charge in [-0.1, -0.05) is 13.8 Å². The fraction of sp³-hybridized carbons (Fsp3) is 0.421. The molecule has 1 fully saturated rings. The Morgan fingerprint density at radius 2 is 2.08 bits per heavy atom.